The van der Waals surface area contributed by atoms with Gasteiger partial charge in [0.2, 0.25) is 0 Å². The van der Waals surface area contributed by atoms with Gasteiger partial charge in [0.25, 0.3) is 0 Å². The van der Waals surface area contributed by atoms with E-state index >= 15 is 0 Å². The number of ether oxygens (including phenoxy) is 1. The van der Waals surface area contributed by atoms with Crippen LogP contribution in [-0.4, -0.2) is 18.0 Å². The highest BCUT2D eigenvalue weighted by atomic mass is 16.5. The van der Waals surface area contributed by atoms with Gasteiger partial charge in [-0.25, -0.2) is 0 Å². The van der Waals surface area contributed by atoms with Gasteiger partial charge in [0, 0.05) is 11.5 Å². The molecule has 1 aromatic heterocycles. The summed E-state index contributed by atoms with van der Waals surface area (Å²) in [7, 11) is 1.60. The number of benzene rings is 2. The Balaban J connectivity index is 1.88. The largest absolute Gasteiger partial charge is 0.507 e. The number of methoxy groups -OCH3 is 1. The Morgan fingerprint density at radius 2 is 1.96 bits per heavy atom. The zero-order valence-corrected chi connectivity index (χ0v) is 12.9. The third-order valence-corrected chi connectivity index (χ3v) is 3.69. The third-order valence-electron chi connectivity index (χ3n) is 3.69. The molecule has 116 valence electrons. The molecule has 3 rings (SSSR count). The molecule has 0 unspecified atom stereocenters. The highest BCUT2D eigenvalue weighted by Gasteiger charge is 2.13. The zero-order chi connectivity index (χ0) is 16.4. The summed E-state index contributed by atoms with van der Waals surface area (Å²) in [5, 5.41) is 10.8. The van der Waals surface area contributed by atoms with Crippen LogP contribution < -0.4 is 4.74 Å². The molecule has 0 aliphatic carbocycles. The molecule has 0 aliphatic heterocycles. The molecule has 0 saturated carbocycles. The van der Waals surface area contributed by atoms with Gasteiger partial charge in [-0.3, -0.25) is 4.79 Å². The van der Waals surface area contributed by atoms with Gasteiger partial charge in [-0.2, -0.15) is 0 Å². The number of ketones is 1. The Morgan fingerprint density at radius 1 is 1.22 bits per heavy atom. The van der Waals surface area contributed by atoms with Crippen LogP contribution in [0.4, 0.5) is 0 Å². The molecule has 1 heterocycles. The van der Waals surface area contributed by atoms with E-state index in [-0.39, 0.29) is 17.1 Å². The smallest absolute Gasteiger partial charge is 0.189 e. The van der Waals surface area contributed by atoms with E-state index in [0.29, 0.717) is 5.58 Å². The number of carbonyl (C=O) groups excluding carboxylic acids is 1. The molecule has 0 spiro atoms. The molecule has 23 heavy (non-hydrogen) atoms. The second-order valence-corrected chi connectivity index (χ2v) is 5.25. The van der Waals surface area contributed by atoms with Gasteiger partial charge >= 0.3 is 0 Å². The molecule has 4 heteroatoms. The maximum absolute atomic E-state index is 12.3. The van der Waals surface area contributed by atoms with Crippen molar-refractivity contribution in [2.24, 2.45) is 0 Å². The normalized spacial score (nSPS) is 11.2. The van der Waals surface area contributed by atoms with E-state index in [0.717, 1.165) is 22.3 Å². The molecule has 0 amide bonds. The monoisotopic (exact) mass is 308 g/mol. The summed E-state index contributed by atoms with van der Waals surface area (Å²) in [5.74, 6) is 0.407. The van der Waals surface area contributed by atoms with Gasteiger partial charge in [0.05, 0.1) is 18.9 Å². The third kappa shape index (κ3) is 2.97. The van der Waals surface area contributed by atoms with E-state index in [1.165, 1.54) is 12.1 Å². The van der Waals surface area contributed by atoms with Gasteiger partial charge in [0.1, 0.15) is 17.1 Å². The number of aromatic hydroxyl groups is 1. The number of phenols is 1. The summed E-state index contributed by atoms with van der Waals surface area (Å²) in [6, 6.07) is 10.5. The minimum Gasteiger partial charge on any atom is -0.507 e. The maximum Gasteiger partial charge on any atom is 0.189 e. The number of allylic oxidation sites excluding steroid dienone is 1. The number of fused-ring (bicyclic) bond motifs is 1. The minimum absolute atomic E-state index is 0.0868. The topological polar surface area (TPSA) is 59.7 Å². The van der Waals surface area contributed by atoms with Gasteiger partial charge in [-0.1, -0.05) is 18.2 Å². The molecule has 0 radical (unpaired) electrons. The van der Waals surface area contributed by atoms with Crippen molar-refractivity contribution in [1.29, 1.82) is 0 Å². The zero-order valence-electron chi connectivity index (χ0n) is 12.9. The highest BCUT2D eigenvalue weighted by Crippen LogP contribution is 2.29. The highest BCUT2D eigenvalue weighted by molar-refractivity contribution is 6.10. The first kappa shape index (κ1) is 14.9. The Morgan fingerprint density at radius 3 is 2.65 bits per heavy atom. The van der Waals surface area contributed by atoms with E-state index in [1.807, 2.05) is 31.2 Å². The Hall–Kier alpha value is -3.01. The number of aryl methyl sites for hydroxylation is 1. The average molecular weight is 308 g/mol. The first-order valence-electron chi connectivity index (χ1n) is 7.16. The fraction of sp³-hybridized carbons (Fsp3) is 0.105. The van der Waals surface area contributed by atoms with Crippen molar-refractivity contribution >= 4 is 22.8 Å². The van der Waals surface area contributed by atoms with Crippen molar-refractivity contribution in [3.8, 4) is 11.5 Å². The molecule has 2 aromatic carbocycles. The molecule has 0 aliphatic rings. The molecule has 0 atom stereocenters. The Kier molecular flexibility index (Phi) is 3.89. The van der Waals surface area contributed by atoms with Crippen LogP contribution in [0.2, 0.25) is 0 Å². The van der Waals surface area contributed by atoms with E-state index in [2.05, 4.69) is 0 Å². The average Bonchev–Trinajstić information content (AvgIpc) is 2.92. The second kappa shape index (κ2) is 6.01. The van der Waals surface area contributed by atoms with Crippen LogP contribution in [0.15, 0.2) is 53.2 Å². The predicted molar refractivity (Wildman–Crippen MR) is 89.0 cm³/mol. The molecular weight excluding hydrogens is 292 g/mol. The van der Waals surface area contributed by atoms with Crippen molar-refractivity contribution in [2.45, 2.75) is 6.92 Å². The lowest BCUT2D eigenvalue weighted by molar-refractivity contribution is 0.104. The molecular formula is C19H16O4. The van der Waals surface area contributed by atoms with Crippen molar-refractivity contribution in [3.05, 3.63) is 65.4 Å². The van der Waals surface area contributed by atoms with Crippen LogP contribution >= 0.6 is 0 Å². The summed E-state index contributed by atoms with van der Waals surface area (Å²) >= 11 is 0. The van der Waals surface area contributed by atoms with Crippen molar-refractivity contribution in [2.75, 3.05) is 7.11 Å². The maximum atomic E-state index is 12.3. The van der Waals surface area contributed by atoms with Crippen molar-refractivity contribution < 1.29 is 19.1 Å². The van der Waals surface area contributed by atoms with Gasteiger partial charge in [0.15, 0.2) is 5.78 Å². The van der Waals surface area contributed by atoms with Gasteiger partial charge in [-0.15, -0.1) is 0 Å². The van der Waals surface area contributed by atoms with Crippen LogP contribution in [0.1, 0.15) is 21.5 Å². The van der Waals surface area contributed by atoms with Gasteiger partial charge < -0.3 is 14.3 Å². The SMILES string of the molecule is COc1ccc(/C=C/C(=O)c2cc3c(C)coc3cc2O)cc1. The molecule has 0 fully saturated rings. The number of furan rings is 1. The molecule has 0 bridgehead atoms. The number of carbonyl (C=O) groups is 1. The second-order valence-electron chi connectivity index (χ2n) is 5.25. The standard InChI is InChI=1S/C19H16O4/c1-12-11-23-19-10-18(21)16(9-15(12)19)17(20)8-5-13-3-6-14(22-2)7-4-13/h3-11,21H,1-2H3/b8-5+. The number of hydrogen-bond acceptors (Lipinski definition) is 4. The predicted octanol–water partition coefficient (Wildman–Crippen LogP) is 4.35. The van der Waals surface area contributed by atoms with Crippen LogP contribution in [-0.2, 0) is 0 Å². The first-order chi connectivity index (χ1) is 11.1. The van der Waals surface area contributed by atoms with E-state index in [1.54, 1.807) is 25.5 Å². The fourth-order valence-corrected chi connectivity index (χ4v) is 2.36. The Labute approximate surface area is 133 Å². The van der Waals surface area contributed by atoms with Gasteiger partial charge in [-0.05, 0) is 42.3 Å². The fourth-order valence-electron chi connectivity index (χ4n) is 2.36. The van der Waals surface area contributed by atoms with E-state index in [9.17, 15) is 9.90 Å². The van der Waals surface area contributed by atoms with E-state index in [4.69, 9.17) is 9.15 Å². The minimum atomic E-state index is -0.263. The Bertz CT molecular complexity index is 886. The molecule has 3 aromatic rings. The van der Waals surface area contributed by atoms with Crippen LogP contribution in [0.5, 0.6) is 11.5 Å². The summed E-state index contributed by atoms with van der Waals surface area (Å²) in [6.45, 7) is 1.89. The lowest BCUT2D eigenvalue weighted by Gasteiger charge is -2.02. The molecule has 0 saturated heterocycles. The van der Waals surface area contributed by atoms with Crippen LogP contribution in [0.25, 0.3) is 17.0 Å². The quantitative estimate of drug-likeness (QED) is 0.575. The van der Waals surface area contributed by atoms with Crippen LogP contribution in [0, 0.1) is 6.92 Å². The summed E-state index contributed by atoms with van der Waals surface area (Å²) in [4.78, 5) is 12.3. The van der Waals surface area contributed by atoms with Crippen molar-refractivity contribution in [1.82, 2.24) is 0 Å². The molecule has 4 nitrogen and oxygen atoms in total. The summed E-state index contributed by atoms with van der Waals surface area (Å²) in [5.41, 5.74) is 2.62. The van der Waals surface area contributed by atoms with E-state index < -0.39 is 0 Å². The number of hydrogen-bond donors (Lipinski definition) is 1. The first-order valence-corrected chi connectivity index (χ1v) is 7.16. The summed E-state index contributed by atoms with van der Waals surface area (Å²) in [6.07, 6.45) is 4.75. The lowest BCUT2D eigenvalue weighted by Crippen LogP contribution is -1.95. The number of phenolic OH excluding ortho intramolecular Hbond substituents is 1. The van der Waals surface area contributed by atoms with Crippen LogP contribution in [0.3, 0.4) is 0 Å². The lowest BCUT2D eigenvalue weighted by atomic mass is 10.0. The van der Waals surface area contributed by atoms with Crippen molar-refractivity contribution in [3.63, 3.8) is 0 Å². The molecule has 1 N–H and O–H groups in total. The number of rotatable bonds is 4. The summed E-state index contributed by atoms with van der Waals surface area (Å²) < 4.78 is 10.4.